The molecule has 2 aromatic rings. The van der Waals surface area contributed by atoms with Gasteiger partial charge in [-0.1, -0.05) is 30.8 Å². The van der Waals surface area contributed by atoms with E-state index in [0.717, 1.165) is 17.7 Å². The molecule has 1 atom stereocenters. The number of hydrogen-bond donors (Lipinski definition) is 1. The highest BCUT2D eigenvalue weighted by atomic mass is 32.2. The standard InChI is InChI=1S/C21H22FN3O2S/c1-3-11-25-20(27)18(13-19(26)23-16-9-7-15(22)8-10-16)28-21(25)24-17-6-4-5-14(2)12-17/h4-10,12,18H,3,11,13H2,1-2H3,(H,23,26). The quantitative estimate of drug-likeness (QED) is 0.778. The Morgan fingerprint density at radius 2 is 2.00 bits per heavy atom. The topological polar surface area (TPSA) is 61.8 Å². The lowest BCUT2D eigenvalue weighted by molar-refractivity contribution is -0.128. The van der Waals surface area contributed by atoms with E-state index < -0.39 is 5.25 Å². The van der Waals surface area contributed by atoms with Crippen molar-refractivity contribution < 1.29 is 14.0 Å². The number of anilines is 1. The first-order valence-electron chi connectivity index (χ1n) is 9.15. The fourth-order valence-corrected chi connectivity index (χ4v) is 4.06. The van der Waals surface area contributed by atoms with E-state index in [0.29, 0.717) is 17.4 Å². The van der Waals surface area contributed by atoms with E-state index in [-0.39, 0.29) is 24.1 Å². The molecule has 3 rings (SSSR count). The fraction of sp³-hybridized carbons (Fsp3) is 0.286. The molecule has 7 heteroatoms. The molecule has 0 aliphatic carbocycles. The Bertz CT molecular complexity index is 899. The van der Waals surface area contributed by atoms with Crippen molar-refractivity contribution in [2.75, 3.05) is 11.9 Å². The van der Waals surface area contributed by atoms with E-state index >= 15 is 0 Å². The lowest BCUT2D eigenvalue weighted by atomic mass is 10.2. The van der Waals surface area contributed by atoms with Crippen LogP contribution in [-0.4, -0.2) is 33.7 Å². The largest absolute Gasteiger partial charge is 0.326 e. The molecule has 28 heavy (non-hydrogen) atoms. The summed E-state index contributed by atoms with van der Waals surface area (Å²) in [5, 5.41) is 2.81. The summed E-state index contributed by atoms with van der Waals surface area (Å²) in [6.45, 7) is 4.55. The number of hydrogen-bond acceptors (Lipinski definition) is 4. The van der Waals surface area contributed by atoms with Crippen LogP contribution in [0.25, 0.3) is 0 Å². The third-order valence-corrected chi connectivity index (χ3v) is 5.37. The van der Waals surface area contributed by atoms with Crippen LogP contribution < -0.4 is 5.32 Å². The zero-order valence-electron chi connectivity index (χ0n) is 15.8. The molecule has 0 bridgehead atoms. The van der Waals surface area contributed by atoms with Crippen molar-refractivity contribution in [1.82, 2.24) is 4.90 Å². The lowest BCUT2D eigenvalue weighted by Crippen LogP contribution is -2.34. The number of carbonyl (C=O) groups is 2. The second kappa shape index (κ2) is 9.01. The van der Waals surface area contributed by atoms with Crippen LogP contribution in [0.4, 0.5) is 15.8 Å². The van der Waals surface area contributed by atoms with Gasteiger partial charge in [-0.25, -0.2) is 9.38 Å². The molecular weight excluding hydrogens is 377 g/mol. The van der Waals surface area contributed by atoms with Crippen LogP contribution in [0, 0.1) is 12.7 Å². The number of carbonyl (C=O) groups excluding carboxylic acids is 2. The first kappa shape index (κ1) is 20.1. The van der Waals surface area contributed by atoms with Gasteiger partial charge in [0.05, 0.1) is 5.69 Å². The summed E-state index contributed by atoms with van der Waals surface area (Å²) in [7, 11) is 0. The maximum Gasteiger partial charge on any atom is 0.242 e. The summed E-state index contributed by atoms with van der Waals surface area (Å²) in [5.41, 5.74) is 2.38. The SMILES string of the molecule is CCCN1C(=O)C(CC(=O)Nc2ccc(F)cc2)SC1=Nc1cccc(C)c1. The van der Waals surface area contributed by atoms with Gasteiger partial charge >= 0.3 is 0 Å². The molecule has 2 aromatic carbocycles. The van der Waals surface area contributed by atoms with E-state index in [1.54, 1.807) is 4.90 Å². The van der Waals surface area contributed by atoms with Gasteiger partial charge in [0.25, 0.3) is 0 Å². The van der Waals surface area contributed by atoms with Crippen molar-refractivity contribution >= 4 is 40.1 Å². The van der Waals surface area contributed by atoms with Gasteiger partial charge in [0, 0.05) is 18.7 Å². The van der Waals surface area contributed by atoms with Gasteiger partial charge < -0.3 is 5.32 Å². The Morgan fingerprint density at radius 1 is 1.25 bits per heavy atom. The summed E-state index contributed by atoms with van der Waals surface area (Å²) in [5.74, 6) is -0.759. The van der Waals surface area contributed by atoms with E-state index in [2.05, 4.69) is 10.3 Å². The van der Waals surface area contributed by atoms with Gasteiger partial charge in [-0.3, -0.25) is 14.5 Å². The number of thioether (sulfide) groups is 1. The van der Waals surface area contributed by atoms with Crippen molar-refractivity contribution in [2.45, 2.75) is 31.9 Å². The smallest absolute Gasteiger partial charge is 0.242 e. The number of amidine groups is 1. The van der Waals surface area contributed by atoms with Crippen molar-refractivity contribution in [3.8, 4) is 0 Å². The van der Waals surface area contributed by atoms with Gasteiger partial charge in [0.2, 0.25) is 11.8 Å². The highest BCUT2D eigenvalue weighted by Gasteiger charge is 2.38. The highest BCUT2D eigenvalue weighted by molar-refractivity contribution is 8.15. The van der Waals surface area contributed by atoms with Gasteiger partial charge in [0.15, 0.2) is 5.17 Å². The third kappa shape index (κ3) is 4.98. The van der Waals surface area contributed by atoms with Gasteiger partial charge in [-0.15, -0.1) is 0 Å². The van der Waals surface area contributed by atoms with E-state index in [1.807, 2.05) is 38.1 Å². The summed E-state index contributed by atoms with van der Waals surface area (Å²) < 4.78 is 13.0. The minimum absolute atomic E-state index is 0.0356. The number of rotatable bonds is 6. The van der Waals surface area contributed by atoms with Crippen molar-refractivity contribution in [3.05, 3.63) is 59.9 Å². The maximum atomic E-state index is 13.0. The van der Waals surface area contributed by atoms with Crippen LogP contribution in [0.1, 0.15) is 25.3 Å². The number of nitrogens with one attached hydrogen (secondary N) is 1. The number of amides is 2. The normalized spacial score (nSPS) is 18.0. The molecule has 1 aliphatic heterocycles. The van der Waals surface area contributed by atoms with Gasteiger partial charge in [-0.2, -0.15) is 0 Å². The van der Waals surface area contributed by atoms with Gasteiger partial charge in [0.1, 0.15) is 11.1 Å². The lowest BCUT2D eigenvalue weighted by Gasteiger charge is -2.15. The molecule has 1 fully saturated rings. The predicted octanol–water partition coefficient (Wildman–Crippen LogP) is 4.50. The van der Waals surface area contributed by atoms with E-state index in [1.165, 1.54) is 36.0 Å². The minimum Gasteiger partial charge on any atom is -0.326 e. The molecule has 1 heterocycles. The summed E-state index contributed by atoms with van der Waals surface area (Å²) in [6.07, 6.45) is 0.835. The molecule has 1 aliphatic rings. The molecule has 2 amide bonds. The van der Waals surface area contributed by atoms with Crippen molar-refractivity contribution in [1.29, 1.82) is 0 Å². The predicted molar refractivity (Wildman–Crippen MR) is 111 cm³/mol. The third-order valence-electron chi connectivity index (χ3n) is 4.19. The highest BCUT2D eigenvalue weighted by Crippen LogP contribution is 2.32. The average Bonchev–Trinajstić information content (AvgIpc) is 2.93. The molecule has 0 radical (unpaired) electrons. The molecule has 1 N–H and O–H groups in total. The first-order chi connectivity index (χ1) is 13.5. The molecule has 5 nitrogen and oxygen atoms in total. The van der Waals surface area contributed by atoms with Crippen molar-refractivity contribution in [3.63, 3.8) is 0 Å². The molecule has 1 unspecified atom stereocenters. The second-order valence-corrected chi connectivity index (χ2v) is 7.76. The Balaban J connectivity index is 1.72. The fourth-order valence-electron chi connectivity index (χ4n) is 2.88. The molecule has 0 spiro atoms. The summed E-state index contributed by atoms with van der Waals surface area (Å²) >= 11 is 1.31. The molecule has 0 aromatic heterocycles. The zero-order valence-corrected chi connectivity index (χ0v) is 16.6. The monoisotopic (exact) mass is 399 g/mol. The average molecular weight is 399 g/mol. The molecule has 0 saturated carbocycles. The number of benzene rings is 2. The molecule has 146 valence electrons. The number of nitrogens with zero attached hydrogens (tertiary/aromatic N) is 2. The zero-order chi connectivity index (χ0) is 20.1. The Kier molecular flexibility index (Phi) is 6.46. The Labute approximate surface area is 168 Å². The van der Waals surface area contributed by atoms with Crippen LogP contribution >= 0.6 is 11.8 Å². The van der Waals surface area contributed by atoms with Crippen LogP contribution in [0.2, 0.25) is 0 Å². The minimum atomic E-state index is -0.518. The first-order valence-corrected chi connectivity index (χ1v) is 10.0. The summed E-state index contributed by atoms with van der Waals surface area (Å²) in [4.78, 5) is 31.4. The summed E-state index contributed by atoms with van der Waals surface area (Å²) in [6, 6.07) is 13.3. The van der Waals surface area contributed by atoms with Crippen LogP contribution in [0.15, 0.2) is 53.5 Å². The maximum absolute atomic E-state index is 13.0. The van der Waals surface area contributed by atoms with Crippen molar-refractivity contribution in [2.24, 2.45) is 4.99 Å². The number of aryl methyl sites for hydroxylation is 1. The Hall–Kier alpha value is -2.67. The van der Waals surface area contributed by atoms with Gasteiger partial charge in [-0.05, 0) is 55.3 Å². The molecular formula is C21H22FN3O2S. The number of halogens is 1. The molecule has 1 saturated heterocycles. The van der Waals surface area contributed by atoms with Crippen LogP contribution in [0.5, 0.6) is 0 Å². The van der Waals surface area contributed by atoms with E-state index in [4.69, 9.17) is 0 Å². The second-order valence-electron chi connectivity index (χ2n) is 6.59. The number of aliphatic imine (C=N–C) groups is 1. The van der Waals surface area contributed by atoms with Crippen LogP contribution in [-0.2, 0) is 9.59 Å². The van der Waals surface area contributed by atoms with Crippen LogP contribution in [0.3, 0.4) is 0 Å². The Morgan fingerprint density at radius 3 is 2.68 bits per heavy atom. The van der Waals surface area contributed by atoms with E-state index in [9.17, 15) is 14.0 Å².